The second-order valence-corrected chi connectivity index (χ2v) is 6.21. The molecule has 1 aromatic heterocycles. The van der Waals surface area contributed by atoms with Crippen LogP contribution in [-0.2, 0) is 4.74 Å². The van der Waals surface area contributed by atoms with Gasteiger partial charge in [0.1, 0.15) is 5.00 Å². The Hall–Kier alpha value is -1.60. The van der Waals surface area contributed by atoms with Crippen LogP contribution in [0.3, 0.4) is 0 Å². The monoisotopic (exact) mass is 311 g/mol. The van der Waals surface area contributed by atoms with Gasteiger partial charge in [-0.1, -0.05) is 0 Å². The summed E-state index contributed by atoms with van der Waals surface area (Å²) in [6.07, 6.45) is 1.19. The summed E-state index contributed by atoms with van der Waals surface area (Å²) in [4.78, 5) is 24.0. The Balaban J connectivity index is 2.22. The lowest BCUT2D eigenvalue weighted by molar-refractivity contribution is 0.0965. The normalized spacial score (nSPS) is 21.3. The van der Waals surface area contributed by atoms with Crippen LogP contribution in [-0.4, -0.2) is 38.0 Å². The number of ketones is 1. The first kappa shape index (κ1) is 15.8. The van der Waals surface area contributed by atoms with E-state index in [1.165, 1.54) is 18.3 Å². The van der Waals surface area contributed by atoms with Gasteiger partial charge in [-0.2, -0.15) is 0 Å². The molecular weight excluding hydrogens is 290 g/mol. The van der Waals surface area contributed by atoms with Gasteiger partial charge in [0.15, 0.2) is 5.78 Å². The van der Waals surface area contributed by atoms with Gasteiger partial charge >= 0.3 is 0 Å². The number of anilines is 2. The maximum Gasteiger partial charge on any atom is 0.256 e. The van der Waals surface area contributed by atoms with Crippen molar-refractivity contribution in [1.29, 1.82) is 0 Å². The minimum atomic E-state index is -0.283. The number of hydrogen-bond donors (Lipinski definition) is 3. The molecule has 0 aliphatic carbocycles. The number of hydrogen-bond acceptors (Lipinski definition) is 6. The fourth-order valence-electron chi connectivity index (χ4n) is 2.45. The topological polar surface area (TPSA) is 93.5 Å². The number of amides is 1. The van der Waals surface area contributed by atoms with Crippen molar-refractivity contribution in [3.8, 4) is 0 Å². The van der Waals surface area contributed by atoms with Crippen LogP contribution in [0.4, 0.5) is 10.7 Å². The van der Waals surface area contributed by atoms with E-state index >= 15 is 0 Å². The second kappa shape index (κ2) is 6.44. The third-order valence-corrected chi connectivity index (χ3v) is 5.04. The Kier molecular flexibility index (Phi) is 4.84. The molecule has 2 unspecified atom stereocenters. The van der Waals surface area contributed by atoms with E-state index in [0.29, 0.717) is 27.9 Å². The highest BCUT2D eigenvalue weighted by Crippen LogP contribution is 2.36. The number of ether oxygens (including phenoxy) is 1. The summed E-state index contributed by atoms with van der Waals surface area (Å²) in [5.41, 5.74) is 6.57. The summed E-state index contributed by atoms with van der Waals surface area (Å²) in [6, 6.07) is 0. The standard InChI is InChI=1S/C14H21N3O3S/c1-7(18)12-11(15)10(13(19)16-3)14(21-12)17-6-9-4-5-20-8(9)2/h8-9,17H,4-6,15H2,1-3H3,(H,16,19). The minimum Gasteiger partial charge on any atom is -0.397 e. The number of carbonyl (C=O) groups is 2. The van der Waals surface area contributed by atoms with E-state index in [1.54, 1.807) is 7.05 Å². The Morgan fingerprint density at radius 3 is 2.71 bits per heavy atom. The summed E-state index contributed by atoms with van der Waals surface area (Å²) < 4.78 is 5.53. The van der Waals surface area contributed by atoms with Gasteiger partial charge in [0, 0.05) is 33.0 Å². The first-order valence-electron chi connectivity index (χ1n) is 6.96. The molecule has 2 heterocycles. The molecule has 0 aromatic carbocycles. The molecule has 116 valence electrons. The summed E-state index contributed by atoms with van der Waals surface area (Å²) >= 11 is 1.24. The van der Waals surface area contributed by atoms with E-state index in [2.05, 4.69) is 10.6 Å². The van der Waals surface area contributed by atoms with Crippen molar-refractivity contribution in [2.75, 3.05) is 31.2 Å². The molecule has 7 heteroatoms. The average Bonchev–Trinajstić information content (AvgIpc) is 2.99. The van der Waals surface area contributed by atoms with Crippen LogP contribution in [0.5, 0.6) is 0 Å². The lowest BCUT2D eigenvalue weighted by atomic mass is 10.0. The first-order chi connectivity index (χ1) is 9.95. The molecule has 1 fully saturated rings. The zero-order valence-corrected chi connectivity index (χ0v) is 13.3. The zero-order valence-electron chi connectivity index (χ0n) is 12.5. The second-order valence-electron chi connectivity index (χ2n) is 5.19. The zero-order chi connectivity index (χ0) is 15.6. The van der Waals surface area contributed by atoms with E-state index in [1.807, 2.05) is 6.92 Å². The van der Waals surface area contributed by atoms with Gasteiger partial charge in [-0.3, -0.25) is 9.59 Å². The summed E-state index contributed by atoms with van der Waals surface area (Å²) in [6.45, 7) is 4.96. The Morgan fingerprint density at radius 2 is 2.19 bits per heavy atom. The van der Waals surface area contributed by atoms with Gasteiger partial charge in [0.05, 0.1) is 22.2 Å². The number of carbonyl (C=O) groups excluding carboxylic acids is 2. The average molecular weight is 311 g/mol. The molecule has 6 nitrogen and oxygen atoms in total. The number of nitrogen functional groups attached to an aromatic ring is 1. The molecule has 4 N–H and O–H groups in total. The van der Waals surface area contributed by atoms with Crippen LogP contribution < -0.4 is 16.4 Å². The predicted octanol–water partition coefficient (Wildman–Crippen LogP) is 1.73. The van der Waals surface area contributed by atoms with Gasteiger partial charge in [0.2, 0.25) is 0 Å². The van der Waals surface area contributed by atoms with Crippen LogP contribution in [0.2, 0.25) is 0 Å². The van der Waals surface area contributed by atoms with Gasteiger partial charge in [-0.15, -0.1) is 11.3 Å². The largest absolute Gasteiger partial charge is 0.397 e. The van der Waals surface area contributed by atoms with Gasteiger partial charge in [-0.05, 0) is 13.3 Å². The molecule has 1 amide bonds. The molecule has 0 spiro atoms. The highest BCUT2D eigenvalue weighted by Gasteiger charge is 2.27. The van der Waals surface area contributed by atoms with Crippen molar-refractivity contribution in [2.45, 2.75) is 26.4 Å². The van der Waals surface area contributed by atoms with Gasteiger partial charge < -0.3 is 21.1 Å². The lowest BCUT2D eigenvalue weighted by Crippen LogP contribution is -2.23. The summed E-state index contributed by atoms with van der Waals surface area (Å²) in [5, 5.41) is 6.47. The van der Waals surface area contributed by atoms with Crippen molar-refractivity contribution < 1.29 is 14.3 Å². The molecule has 21 heavy (non-hydrogen) atoms. The highest BCUT2D eigenvalue weighted by atomic mass is 32.1. The fourth-order valence-corrected chi connectivity index (χ4v) is 3.47. The van der Waals surface area contributed by atoms with E-state index in [9.17, 15) is 9.59 Å². The molecule has 0 saturated carbocycles. The van der Waals surface area contributed by atoms with Crippen molar-refractivity contribution >= 4 is 33.7 Å². The van der Waals surface area contributed by atoms with Crippen molar-refractivity contribution in [3.05, 3.63) is 10.4 Å². The third-order valence-electron chi connectivity index (χ3n) is 3.78. The summed E-state index contributed by atoms with van der Waals surface area (Å²) in [5.74, 6) is -0.0191. The fraction of sp³-hybridized carbons (Fsp3) is 0.571. The van der Waals surface area contributed by atoms with Crippen LogP contribution in [0.1, 0.15) is 40.3 Å². The minimum absolute atomic E-state index is 0.131. The van der Waals surface area contributed by atoms with E-state index < -0.39 is 0 Å². The van der Waals surface area contributed by atoms with Crippen molar-refractivity contribution in [3.63, 3.8) is 0 Å². The Morgan fingerprint density at radius 1 is 1.48 bits per heavy atom. The first-order valence-corrected chi connectivity index (χ1v) is 7.78. The number of rotatable bonds is 5. The molecule has 1 aliphatic rings. The van der Waals surface area contributed by atoms with Gasteiger partial charge in [0.25, 0.3) is 5.91 Å². The molecule has 0 bridgehead atoms. The number of thiophene rings is 1. The Labute approximate surface area is 128 Å². The third kappa shape index (κ3) is 3.19. The van der Waals surface area contributed by atoms with E-state index in [0.717, 1.165) is 13.0 Å². The maximum absolute atomic E-state index is 12.0. The Bertz CT molecular complexity index is 556. The number of nitrogens with one attached hydrogen (secondary N) is 2. The van der Waals surface area contributed by atoms with E-state index in [4.69, 9.17) is 10.5 Å². The predicted molar refractivity (Wildman–Crippen MR) is 84.1 cm³/mol. The van der Waals surface area contributed by atoms with Crippen LogP contribution in [0.15, 0.2) is 0 Å². The quantitative estimate of drug-likeness (QED) is 0.720. The number of Topliss-reactive ketones (excluding diaryl/α,β-unsaturated/α-hetero) is 1. The molecular formula is C14H21N3O3S. The smallest absolute Gasteiger partial charge is 0.256 e. The maximum atomic E-state index is 12.0. The molecule has 2 atom stereocenters. The molecule has 1 saturated heterocycles. The van der Waals surface area contributed by atoms with E-state index in [-0.39, 0.29) is 23.5 Å². The van der Waals surface area contributed by atoms with Crippen molar-refractivity contribution in [2.24, 2.45) is 5.92 Å². The molecule has 0 radical (unpaired) electrons. The molecule has 1 aromatic rings. The number of nitrogens with two attached hydrogens (primary N) is 1. The summed E-state index contributed by atoms with van der Waals surface area (Å²) in [7, 11) is 1.55. The van der Waals surface area contributed by atoms with Crippen LogP contribution >= 0.6 is 11.3 Å². The SMILES string of the molecule is CNC(=O)c1c(NCC2CCOC2C)sc(C(C)=O)c1N. The van der Waals surface area contributed by atoms with Crippen molar-refractivity contribution in [1.82, 2.24) is 5.32 Å². The molecule has 1 aliphatic heterocycles. The van der Waals surface area contributed by atoms with Crippen LogP contribution in [0, 0.1) is 5.92 Å². The lowest BCUT2D eigenvalue weighted by Gasteiger charge is -2.15. The van der Waals surface area contributed by atoms with Gasteiger partial charge in [-0.25, -0.2) is 0 Å². The molecule has 2 rings (SSSR count). The van der Waals surface area contributed by atoms with Crippen LogP contribution in [0.25, 0.3) is 0 Å². The highest BCUT2D eigenvalue weighted by molar-refractivity contribution is 7.19.